The normalized spacial score (nSPS) is 15.6. The second-order valence-electron chi connectivity index (χ2n) is 5.89. The summed E-state index contributed by atoms with van der Waals surface area (Å²) in [6.07, 6.45) is 2.56. The molecule has 0 atom stereocenters. The van der Waals surface area contributed by atoms with Crippen molar-refractivity contribution in [1.82, 2.24) is 9.97 Å². The van der Waals surface area contributed by atoms with E-state index in [2.05, 4.69) is 60.6 Å². The predicted molar refractivity (Wildman–Crippen MR) is 91.9 cm³/mol. The minimum absolute atomic E-state index is 0.254. The van der Waals surface area contributed by atoms with Crippen LogP contribution in [0.1, 0.15) is 58.0 Å². The Bertz CT molecular complexity index is 453. The van der Waals surface area contributed by atoms with Crippen LogP contribution >= 0.6 is 34.4 Å². The van der Waals surface area contributed by atoms with Crippen LogP contribution in [0.3, 0.4) is 0 Å². The Balaban J connectivity index is 2.22. The van der Waals surface area contributed by atoms with Crippen LogP contribution in [0.25, 0.3) is 0 Å². The first-order chi connectivity index (χ1) is 8.90. The monoisotopic (exact) mass is 391 g/mol. The van der Waals surface area contributed by atoms with E-state index in [1.807, 2.05) is 11.8 Å². The first-order valence-electron chi connectivity index (χ1n) is 6.85. The van der Waals surface area contributed by atoms with Gasteiger partial charge in [-0.2, -0.15) is 0 Å². The molecule has 1 aromatic rings. The zero-order valence-corrected chi connectivity index (χ0v) is 15.1. The van der Waals surface area contributed by atoms with Gasteiger partial charge in [-0.25, -0.2) is 9.97 Å². The third-order valence-corrected chi connectivity index (χ3v) is 5.20. The summed E-state index contributed by atoms with van der Waals surface area (Å²) >= 11 is 4.29. The highest BCUT2D eigenvalue weighted by molar-refractivity contribution is 14.1. The minimum Gasteiger partial charge on any atom is -0.369 e. The summed E-state index contributed by atoms with van der Waals surface area (Å²) in [5, 5.41) is 3.37. The molecule has 1 heterocycles. The molecule has 19 heavy (non-hydrogen) atoms. The quantitative estimate of drug-likeness (QED) is 0.754. The Morgan fingerprint density at radius 1 is 1.32 bits per heavy atom. The number of hydrogen-bond acceptors (Lipinski definition) is 4. The number of nitrogens with one attached hydrogen (secondary N) is 1. The van der Waals surface area contributed by atoms with Crippen LogP contribution in [0.15, 0.2) is 0 Å². The second-order valence-corrected chi connectivity index (χ2v) is 8.77. The van der Waals surface area contributed by atoms with Gasteiger partial charge in [0.2, 0.25) is 0 Å². The lowest BCUT2D eigenvalue weighted by Crippen LogP contribution is -2.12. The highest BCUT2D eigenvalue weighted by Gasteiger charge is 2.29. The molecule has 1 saturated carbocycles. The van der Waals surface area contributed by atoms with Gasteiger partial charge in [0, 0.05) is 17.2 Å². The Morgan fingerprint density at radius 2 is 2.00 bits per heavy atom. The van der Waals surface area contributed by atoms with E-state index in [1.165, 1.54) is 22.1 Å². The van der Waals surface area contributed by atoms with Crippen LogP contribution in [0.4, 0.5) is 5.82 Å². The van der Waals surface area contributed by atoms with E-state index in [0.29, 0.717) is 5.92 Å². The summed E-state index contributed by atoms with van der Waals surface area (Å²) in [5.74, 6) is 3.55. The van der Waals surface area contributed by atoms with Crippen molar-refractivity contribution >= 4 is 40.2 Å². The lowest BCUT2D eigenvalue weighted by atomic mass is 10.2. The summed E-state index contributed by atoms with van der Waals surface area (Å²) in [6.45, 7) is 9.72. The molecule has 3 nitrogen and oxygen atoms in total. The molecule has 1 aromatic heterocycles. The van der Waals surface area contributed by atoms with E-state index >= 15 is 0 Å². The van der Waals surface area contributed by atoms with Crippen molar-refractivity contribution in [1.29, 1.82) is 0 Å². The van der Waals surface area contributed by atoms with Crippen molar-refractivity contribution in [2.45, 2.75) is 57.0 Å². The number of thioether (sulfide) groups is 1. The molecule has 1 aliphatic rings. The largest absolute Gasteiger partial charge is 0.369 e. The van der Waals surface area contributed by atoms with Crippen molar-refractivity contribution in [3.05, 3.63) is 15.1 Å². The van der Waals surface area contributed by atoms with Gasteiger partial charge in [-0.05, 0) is 42.4 Å². The average Bonchev–Trinajstić information content (AvgIpc) is 3.13. The van der Waals surface area contributed by atoms with Gasteiger partial charge in [0.25, 0.3) is 0 Å². The van der Waals surface area contributed by atoms with Crippen LogP contribution in [0.2, 0.25) is 0 Å². The Hall–Kier alpha value is -0.0400. The van der Waals surface area contributed by atoms with Gasteiger partial charge in [-0.3, -0.25) is 0 Å². The third-order valence-electron chi connectivity index (χ3n) is 2.87. The number of nitrogens with zero attached hydrogens (tertiary/aromatic N) is 2. The Labute approximate surface area is 133 Å². The van der Waals surface area contributed by atoms with Crippen LogP contribution < -0.4 is 5.32 Å². The van der Waals surface area contributed by atoms with Gasteiger partial charge in [-0.15, -0.1) is 11.8 Å². The maximum Gasteiger partial charge on any atom is 0.143 e. The van der Waals surface area contributed by atoms with Gasteiger partial charge in [0.1, 0.15) is 11.6 Å². The summed E-state index contributed by atoms with van der Waals surface area (Å²) < 4.78 is 1.47. The van der Waals surface area contributed by atoms with Gasteiger partial charge in [-0.1, -0.05) is 20.8 Å². The molecular formula is C14H22IN3S. The lowest BCUT2D eigenvalue weighted by molar-refractivity contribution is 0.798. The molecule has 106 valence electrons. The standard InChI is InChI=1S/C14H22IN3S/c1-5-16-13-11(15)12(9-6-7-9)17-10(18-13)8-19-14(2,3)4/h9H,5-8H2,1-4H3,(H,16,17,18). The van der Waals surface area contributed by atoms with Crippen molar-refractivity contribution in [3.8, 4) is 0 Å². The predicted octanol–water partition coefficient (Wildman–Crippen LogP) is 4.42. The highest BCUT2D eigenvalue weighted by Crippen LogP contribution is 2.42. The fourth-order valence-corrected chi connectivity index (χ4v) is 3.33. The minimum atomic E-state index is 0.254. The lowest BCUT2D eigenvalue weighted by Gasteiger charge is -2.18. The molecule has 1 fully saturated rings. The fourth-order valence-electron chi connectivity index (χ4n) is 1.77. The van der Waals surface area contributed by atoms with Crippen molar-refractivity contribution in [3.63, 3.8) is 0 Å². The molecule has 1 N–H and O–H groups in total. The number of aromatic nitrogens is 2. The number of rotatable bonds is 5. The van der Waals surface area contributed by atoms with Gasteiger partial charge in [0.05, 0.1) is 15.0 Å². The number of anilines is 1. The van der Waals surface area contributed by atoms with Crippen molar-refractivity contribution in [2.75, 3.05) is 11.9 Å². The second kappa shape index (κ2) is 6.16. The van der Waals surface area contributed by atoms with E-state index in [9.17, 15) is 0 Å². The molecule has 0 unspecified atom stereocenters. The van der Waals surface area contributed by atoms with Gasteiger partial charge in [0.15, 0.2) is 0 Å². The summed E-state index contributed by atoms with van der Waals surface area (Å²) in [5.41, 5.74) is 1.26. The van der Waals surface area contributed by atoms with Crippen LogP contribution in [0, 0.1) is 3.57 Å². The van der Waals surface area contributed by atoms with Crippen molar-refractivity contribution in [2.24, 2.45) is 0 Å². The molecule has 2 rings (SSSR count). The van der Waals surface area contributed by atoms with E-state index < -0.39 is 0 Å². The highest BCUT2D eigenvalue weighted by atomic mass is 127. The average molecular weight is 391 g/mol. The molecule has 0 bridgehead atoms. The first kappa shape index (κ1) is 15.4. The zero-order chi connectivity index (χ0) is 14.0. The molecule has 5 heteroatoms. The zero-order valence-electron chi connectivity index (χ0n) is 12.1. The van der Waals surface area contributed by atoms with Crippen molar-refractivity contribution < 1.29 is 0 Å². The van der Waals surface area contributed by atoms with E-state index in [1.54, 1.807) is 0 Å². The Kier molecular flexibility index (Phi) is 4.98. The SMILES string of the molecule is CCNc1nc(CSC(C)(C)C)nc(C2CC2)c1I. The smallest absolute Gasteiger partial charge is 0.143 e. The number of halogens is 1. The third kappa shape index (κ3) is 4.48. The topological polar surface area (TPSA) is 37.8 Å². The van der Waals surface area contributed by atoms with Gasteiger partial charge >= 0.3 is 0 Å². The molecule has 0 aliphatic heterocycles. The van der Waals surface area contributed by atoms with Crippen LogP contribution in [0.5, 0.6) is 0 Å². The molecule has 0 aromatic carbocycles. The van der Waals surface area contributed by atoms with Crippen LogP contribution in [-0.4, -0.2) is 21.3 Å². The number of hydrogen-bond donors (Lipinski definition) is 1. The molecule has 0 amide bonds. The summed E-state index contributed by atoms with van der Waals surface area (Å²) in [7, 11) is 0. The van der Waals surface area contributed by atoms with E-state index in [0.717, 1.165) is 23.9 Å². The maximum atomic E-state index is 4.80. The van der Waals surface area contributed by atoms with Gasteiger partial charge < -0.3 is 5.32 Å². The molecule has 1 aliphatic carbocycles. The molecule has 0 radical (unpaired) electrons. The Morgan fingerprint density at radius 3 is 2.53 bits per heavy atom. The summed E-state index contributed by atoms with van der Waals surface area (Å²) in [6, 6.07) is 0. The van der Waals surface area contributed by atoms with Crippen LogP contribution in [-0.2, 0) is 5.75 Å². The van der Waals surface area contributed by atoms with E-state index in [-0.39, 0.29) is 4.75 Å². The molecular weight excluding hydrogens is 369 g/mol. The van der Waals surface area contributed by atoms with E-state index in [4.69, 9.17) is 4.98 Å². The summed E-state index contributed by atoms with van der Waals surface area (Å²) in [4.78, 5) is 9.49. The molecule has 0 saturated heterocycles. The fraction of sp³-hybridized carbons (Fsp3) is 0.714. The molecule has 0 spiro atoms. The first-order valence-corrected chi connectivity index (χ1v) is 8.91. The maximum absolute atomic E-state index is 4.80.